The second kappa shape index (κ2) is 9.13. The lowest BCUT2D eigenvalue weighted by atomic mass is 10.2. The molecule has 0 aliphatic carbocycles. The van der Waals surface area contributed by atoms with Crippen molar-refractivity contribution in [2.45, 2.75) is 13.3 Å². The molecule has 2 aromatic carbocycles. The Kier molecular flexibility index (Phi) is 6.88. The van der Waals surface area contributed by atoms with E-state index in [1.807, 2.05) is 19.1 Å². The number of amides is 1. The van der Waals surface area contributed by atoms with E-state index in [0.717, 1.165) is 16.6 Å². The maximum atomic E-state index is 12.5. The van der Waals surface area contributed by atoms with Crippen LogP contribution in [-0.4, -0.2) is 19.1 Å². The SMILES string of the molecule is C=CCOc1ccccc1NC(=O)c1ccc(OCCC)c(Br)c1. The first-order valence-corrected chi connectivity index (χ1v) is 8.51. The number of para-hydroxylation sites is 2. The van der Waals surface area contributed by atoms with Crippen LogP contribution in [0.4, 0.5) is 5.69 Å². The zero-order valence-electron chi connectivity index (χ0n) is 13.5. The Hall–Kier alpha value is -2.27. The number of halogens is 1. The normalized spacial score (nSPS) is 10.1. The minimum absolute atomic E-state index is 0.215. The van der Waals surface area contributed by atoms with E-state index in [1.165, 1.54) is 0 Å². The lowest BCUT2D eigenvalue weighted by Gasteiger charge is -2.12. The Morgan fingerprint density at radius 3 is 2.71 bits per heavy atom. The highest BCUT2D eigenvalue weighted by Crippen LogP contribution is 2.28. The van der Waals surface area contributed by atoms with Crippen molar-refractivity contribution in [1.82, 2.24) is 0 Å². The predicted octanol–water partition coefficient (Wildman–Crippen LogP) is 5.06. The van der Waals surface area contributed by atoms with Crippen LogP contribution in [-0.2, 0) is 0 Å². The summed E-state index contributed by atoms with van der Waals surface area (Å²) in [6.07, 6.45) is 2.58. The smallest absolute Gasteiger partial charge is 0.255 e. The van der Waals surface area contributed by atoms with E-state index in [-0.39, 0.29) is 5.91 Å². The van der Waals surface area contributed by atoms with Crippen LogP contribution >= 0.6 is 15.9 Å². The van der Waals surface area contributed by atoms with Crippen molar-refractivity contribution in [3.63, 3.8) is 0 Å². The van der Waals surface area contributed by atoms with Crippen LogP contribution in [0, 0.1) is 0 Å². The van der Waals surface area contributed by atoms with Gasteiger partial charge in [0, 0.05) is 5.56 Å². The van der Waals surface area contributed by atoms with Gasteiger partial charge in [-0.1, -0.05) is 31.7 Å². The average molecular weight is 390 g/mol. The molecule has 2 rings (SSSR count). The fourth-order valence-electron chi connectivity index (χ4n) is 2.01. The molecule has 0 aliphatic rings. The van der Waals surface area contributed by atoms with E-state index in [9.17, 15) is 4.79 Å². The molecular formula is C19H20BrNO3. The van der Waals surface area contributed by atoms with Crippen LogP contribution < -0.4 is 14.8 Å². The van der Waals surface area contributed by atoms with Crippen LogP contribution in [0.1, 0.15) is 23.7 Å². The Labute approximate surface area is 150 Å². The van der Waals surface area contributed by atoms with Crippen molar-refractivity contribution in [2.75, 3.05) is 18.5 Å². The van der Waals surface area contributed by atoms with Crippen molar-refractivity contribution in [1.29, 1.82) is 0 Å². The Bertz CT molecular complexity index is 716. The summed E-state index contributed by atoms with van der Waals surface area (Å²) >= 11 is 3.44. The highest BCUT2D eigenvalue weighted by molar-refractivity contribution is 9.10. The Balaban J connectivity index is 2.12. The van der Waals surface area contributed by atoms with E-state index >= 15 is 0 Å². The molecule has 0 aromatic heterocycles. The van der Waals surface area contributed by atoms with Gasteiger partial charge in [-0.25, -0.2) is 0 Å². The minimum atomic E-state index is -0.215. The third-order valence-electron chi connectivity index (χ3n) is 3.15. The van der Waals surface area contributed by atoms with Gasteiger partial charge in [0.05, 0.1) is 16.8 Å². The molecule has 0 radical (unpaired) electrons. The number of ether oxygens (including phenoxy) is 2. The maximum absolute atomic E-state index is 12.5. The number of hydrogen-bond acceptors (Lipinski definition) is 3. The lowest BCUT2D eigenvalue weighted by Crippen LogP contribution is -2.13. The lowest BCUT2D eigenvalue weighted by molar-refractivity contribution is 0.102. The van der Waals surface area contributed by atoms with Crippen molar-refractivity contribution in [2.24, 2.45) is 0 Å². The van der Waals surface area contributed by atoms with Crippen LogP contribution in [0.15, 0.2) is 59.6 Å². The van der Waals surface area contributed by atoms with Crippen LogP contribution in [0.3, 0.4) is 0 Å². The second-order valence-electron chi connectivity index (χ2n) is 5.04. The number of carbonyl (C=O) groups is 1. The molecule has 1 N–H and O–H groups in total. The molecule has 0 heterocycles. The third-order valence-corrected chi connectivity index (χ3v) is 3.77. The monoisotopic (exact) mass is 389 g/mol. The third kappa shape index (κ3) is 4.86. The van der Waals surface area contributed by atoms with Gasteiger partial charge in [0.15, 0.2) is 0 Å². The molecular weight excluding hydrogens is 370 g/mol. The predicted molar refractivity (Wildman–Crippen MR) is 100 cm³/mol. The number of rotatable bonds is 8. The highest BCUT2D eigenvalue weighted by Gasteiger charge is 2.12. The molecule has 0 spiro atoms. The maximum Gasteiger partial charge on any atom is 0.255 e. The van der Waals surface area contributed by atoms with Crippen molar-refractivity contribution in [3.05, 3.63) is 65.2 Å². The van der Waals surface area contributed by atoms with Gasteiger partial charge < -0.3 is 14.8 Å². The first kappa shape index (κ1) is 18.1. The van der Waals surface area contributed by atoms with Crippen molar-refractivity contribution in [3.8, 4) is 11.5 Å². The van der Waals surface area contributed by atoms with Crippen molar-refractivity contribution >= 4 is 27.5 Å². The molecule has 0 saturated heterocycles. The standard InChI is InChI=1S/C19H20BrNO3/c1-3-11-23-17-10-9-14(13-15(17)20)19(22)21-16-7-5-6-8-18(16)24-12-4-2/h4-10,13H,2-3,11-12H2,1H3,(H,21,22). The molecule has 2 aromatic rings. The second-order valence-corrected chi connectivity index (χ2v) is 5.90. The van der Waals surface area contributed by atoms with Gasteiger partial charge in [0.2, 0.25) is 0 Å². The van der Waals surface area contributed by atoms with Gasteiger partial charge in [-0.3, -0.25) is 4.79 Å². The van der Waals surface area contributed by atoms with Gasteiger partial charge in [0.1, 0.15) is 18.1 Å². The molecule has 4 nitrogen and oxygen atoms in total. The summed E-state index contributed by atoms with van der Waals surface area (Å²) in [5, 5.41) is 2.87. The van der Waals surface area contributed by atoms with E-state index in [4.69, 9.17) is 9.47 Å². The molecule has 0 unspecified atom stereocenters. The van der Waals surface area contributed by atoms with Gasteiger partial charge in [-0.05, 0) is 52.7 Å². The van der Waals surface area contributed by atoms with E-state index in [1.54, 1.807) is 36.4 Å². The summed E-state index contributed by atoms with van der Waals surface area (Å²) in [7, 11) is 0. The van der Waals surface area contributed by atoms with Gasteiger partial charge in [-0.2, -0.15) is 0 Å². The summed E-state index contributed by atoms with van der Waals surface area (Å²) in [5.41, 5.74) is 1.15. The van der Waals surface area contributed by atoms with Crippen molar-refractivity contribution < 1.29 is 14.3 Å². The van der Waals surface area contributed by atoms with Gasteiger partial charge in [-0.15, -0.1) is 0 Å². The number of benzene rings is 2. The van der Waals surface area contributed by atoms with E-state index in [2.05, 4.69) is 27.8 Å². The zero-order valence-corrected chi connectivity index (χ0v) is 15.1. The quantitative estimate of drug-likeness (QED) is 0.642. The fraction of sp³-hybridized carbons (Fsp3) is 0.211. The largest absolute Gasteiger partial charge is 0.492 e. The van der Waals surface area contributed by atoms with E-state index in [0.29, 0.717) is 30.2 Å². The summed E-state index contributed by atoms with van der Waals surface area (Å²) in [4.78, 5) is 12.5. The van der Waals surface area contributed by atoms with Crippen LogP contribution in [0.5, 0.6) is 11.5 Å². The van der Waals surface area contributed by atoms with Gasteiger partial charge >= 0.3 is 0 Å². The fourth-order valence-corrected chi connectivity index (χ4v) is 2.50. The first-order chi connectivity index (χ1) is 11.7. The first-order valence-electron chi connectivity index (χ1n) is 7.72. The molecule has 0 atom stereocenters. The molecule has 126 valence electrons. The number of hydrogen-bond donors (Lipinski definition) is 1. The molecule has 0 saturated carbocycles. The summed E-state index contributed by atoms with van der Waals surface area (Å²) in [6.45, 7) is 6.68. The molecule has 1 amide bonds. The number of anilines is 1. The Morgan fingerprint density at radius 2 is 2.00 bits per heavy atom. The number of nitrogens with one attached hydrogen (secondary N) is 1. The highest BCUT2D eigenvalue weighted by atomic mass is 79.9. The summed E-state index contributed by atoms with van der Waals surface area (Å²) in [5.74, 6) is 1.11. The molecule has 0 aliphatic heterocycles. The minimum Gasteiger partial charge on any atom is -0.492 e. The van der Waals surface area contributed by atoms with Crippen LogP contribution in [0.2, 0.25) is 0 Å². The van der Waals surface area contributed by atoms with E-state index < -0.39 is 0 Å². The molecule has 0 bridgehead atoms. The summed E-state index contributed by atoms with van der Waals surface area (Å²) in [6, 6.07) is 12.6. The molecule has 24 heavy (non-hydrogen) atoms. The zero-order chi connectivity index (χ0) is 17.4. The number of carbonyl (C=O) groups excluding carboxylic acids is 1. The topological polar surface area (TPSA) is 47.6 Å². The molecule has 5 heteroatoms. The molecule has 0 fully saturated rings. The van der Waals surface area contributed by atoms with Crippen LogP contribution in [0.25, 0.3) is 0 Å². The summed E-state index contributed by atoms with van der Waals surface area (Å²) < 4.78 is 11.9. The average Bonchev–Trinajstić information content (AvgIpc) is 2.60. The van der Waals surface area contributed by atoms with Gasteiger partial charge in [0.25, 0.3) is 5.91 Å². The Morgan fingerprint density at radius 1 is 1.21 bits per heavy atom.